The predicted octanol–water partition coefficient (Wildman–Crippen LogP) is 1.65. The molecule has 0 unspecified atom stereocenters. The molecule has 0 saturated heterocycles. The van der Waals surface area contributed by atoms with E-state index in [-0.39, 0.29) is 0 Å². The second kappa shape index (κ2) is 17.3. The molecule has 0 aromatic heterocycles. The summed E-state index contributed by atoms with van der Waals surface area (Å²) in [4.78, 5) is 14.2. The van der Waals surface area contributed by atoms with Gasteiger partial charge in [0.05, 0.1) is 0 Å². The quantitative estimate of drug-likeness (QED) is 0.440. The average Bonchev–Trinajstić information content (AvgIpc) is 2.09. The maximum atomic E-state index is 8.70. The van der Waals surface area contributed by atoms with Crippen molar-refractivity contribution in [3.8, 4) is 0 Å². The molecule has 0 aliphatic heterocycles. The van der Waals surface area contributed by atoms with Gasteiger partial charge in [-0.25, -0.2) is 0 Å². The van der Waals surface area contributed by atoms with Gasteiger partial charge < -0.3 is 11.5 Å². The van der Waals surface area contributed by atoms with Gasteiger partial charge in [-0.1, -0.05) is 38.5 Å². The third kappa shape index (κ3) is 29.2. The summed E-state index contributed by atoms with van der Waals surface area (Å²) in [5, 5.41) is 0. The Morgan fingerprint density at radius 3 is 1.19 bits per heavy atom. The Labute approximate surface area is 99.2 Å². The topological polar surface area (TPSA) is 110 Å². The van der Waals surface area contributed by atoms with E-state index < -0.39 is 8.25 Å². The summed E-state index contributed by atoms with van der Waals surface area (Å²) in [7, 11) is -2.87. The molecule has 1 aliphatic carbocycles. The van der Waals surface area contributed by atoms with Crippen LogP contribution in [0.5, 0.6) is 0 Å². The van der Waals surface area contributed by atoms with Gasteiger partial charge in [0.15, 0.2) is 0 Å². The molecule has 16 heavy (non-hydrogen) atoms. The number of hydrogen-bond acceptors (Lipinski definition) is 3. The van der Waals surface area contributed by atoms with Gasteiger partial charge >= 0.3 is 8.25 Å². The van der Waals surface area contributed by atoms with E-state index >= 15 is 0 Å². The van der Waals surface area contributed by atoms with Crippen LogP contribution in [-0.2, 0) is 4.57 Å². The fourth-order valence-electron chi connectivity index (χ4n) is 0.892. The van der Waals surface area contributed by atoms with Crippen LogP contribution < -0.4 is 11.5 Å². The van der Waals surface area contributed by atoms with Crippen LogP contribution in [0.4, 0.5) is 0 Å². The van der Waals surface area contributed by atoms with E-state index in [1.165, 1.54) is 38.5 Å². The molecule has 0 aromatic rings. The lowest BCUT2D eigenvalue weighted by atomic mass is 10.0. The minimum Gasteiger partial charge on any atom is -0.330 e. The maximum absolute atomic E-state index is 8.70. The second-order valence-corrected chi connectivity index (χ2v) is 4.16. The lowest BCUT2D eigenvalue weighted by Crippen LogP contribution is -2.00. The Bertz CT molecular complexity index is 130. The molecular formula is C10H26N2O3P+. The lowest BCUT2D eigenvalue weighted by Gasteiger charge is -2.05. The highest BCUT2D eigenvalue weighted by molar-refractivity contribution is 7.30. The molecule has 0 heterocycles. The normalized spacial score (nSPS) is 12.5. The second-order valence-electron chi connectivity index (χ2n) is 3.66. The van der Waals surface area contributed by atoms with E-state index in [9.17, 15) is 0 Å². The van der Waals surface area contributed by atoms with Gasteiger partial charge in [0.25, 0.3) is 0 Å². The molecule has 1 rings (SSSR count). The van der Waals surface area contributed by atoms with Gasteiger partial charge in [0.1, 0.15) is 0 Å². The number of hydrogen-bond donors (Lipinski definition) is 4. The van der Waals surface area contributed by atoms with Crippen molar-refractivity contribution in [2.24, 2.45) is 11.5 Å². The number of nitrogens with two attached hydrogens (primary N) is 2. The van der Waals surface area contributed by atoms with Crippen LogP contribution in [0.2, 0.25) is 0 Å². The molecule has 1 saturated carbocycles. The van der Waals surface area contributed by atoms with Crippen molar-refractivity contribution in [3.63, 3.8) is 0 Å². The Hall–Kier alpha value is -0.0600. The van der Waals surface area contributed by atoms with E-state index in [1.807, 2.05) is 0 Å². The summed E-state index contributed by atoms with van der Waals surface area (Å²) in [5.74, 6) is 0. The molecule has 0 amide bonds. The largest absolute Gasteiger partial charge is 0.692 e. The fraction of sp³-hybridized carbons (Fsp3) is 1.00. The SMILES string of the molecule is C1CCC1.NCCCCCCN.O=[P+](O)O. The lowest BCUT2D eigenvalue weighted by molar-refractivity contribution is 0.405. The van der Waals surface area contributed by atoms with Crippen molar-refractivity contribution in [2.75, 3.05) is 13.1 Å². The fourth-order valence-corrected chi connectivity index (χ4v) is 0.892. The summed E-state index contributed by atoms with van der Waals surface area (Å²) >= 11 is 0. The molecule has 1 aliphatic rings. The standard InChI is InChI=1S/C6H16N2.C4H8.HO3P/c7-5-3-1-2-4-6-8;1-2-4-3-1;1-4(2)3/h1-8H2;1-4H2;(H-,1,2,3)/p+1. The van der Waals surface area contributed by atoms with E-state index in [0.29, 0.717) is 0 Å². The van der Waals surface area contributed by atoms with Gasteiger partial charge in [-0.15, -0.1) is 9.79 Å². The number of rotatable bonds is 5. The molecule has 6 heteroatoms. The van der Waals surface area contributed by atoms with Crippen molar-refractivity contribution >= 4 is 8.25 Å². The van der Waals surface area contributed by atoms with Crippen molar-refractivity contribution in [1.29, 1.82) is 0 Å². The highest BCUT2D eigenvalue weighted by Gasteiger charge is 1.95. The van der Waals surface area contributed by atoms with Crippen molar-refractivity contribution in [1.82, 2.24) is 0 Å². The molecule has 0 aromatic carbocycles. The first-order chi connectivity index (χ1) is 7.65. The van der Waals surface area contributed by atoms with Crippen molar-refractivity contribution in [3.05, 3.63) is 0 Å². The first-order valence-electron chi connectivity index (χ1n) is 5.90. The van der Waals surface area contributed by atoms with E-state index in [2.05, 4.69) is 0 Å². The summed E-state index contributed by atoms with van der Waals surface area (Å²) in [6.07, 6.45) is 10.8. The molecule has 0 bridgehead atoms. The van der Waals surface area contributed by atoms with E-state index in [1.54, 1.807) is 0 Å². The molecule has 0 radical (unpaired) electrons. The van der Waals surface area contributed by atoms with Crippen LogP contribution in [0.1, 0.15) is 51.4 Å². The Kier molecular flexibility index (Phi) is 19.8. The summed E-state index contributed by atoms with van der Waals surface area (Å²) in [6.45, 7) is 1.65. The van der Waals surface area contributed by atoms with Gasteiger partial charge in [0, 0.05) is 4.57 Å². The molecule has 6 N–H and O–H groups in total. The minimum atomic E-state index is -2.87. The van der Waals surface area contributed by atoms with Crippen LogP contribution in [-0.4, -0.2) is 22.9 Å². The monoisotopic (exact) mass is 253 g/mol. The zero-order chi connectivity index (χ0) is 12.6. The van der Waals surface area contributed by atoms with Crippen molar-refractivity contribution in [2.45, 2.75) is 51.4 Å². The predicted molar refractivity (Wildman–Crippen MR) is 67.1 cm³/mol. The molecule has 1 fully saturated rings. The molecule has 0 spiro atoms. The number of unbranched alkanes of at least 4 members (excludes halogenated alkanes) is 3. The summed E-state index contributed by atoms with van der Waals surface area (Å²) < 4.78 is 8.70. The molecule has 5 nitrogen and oxygen atoms in total. The Morgan fingerprint density at radius 2 is 1.06 bits per heavy atom. The van der Waals surface area contributed by atoms with Crippen LogP contribution in [0, 0.1) is 0 Å². The zero-order valence-electron chi connectivity index (χ0n) is 9.98. The molecular weight excluding hydrogens is 227 g/mol. The summed E-state index contributed by atoms with van der Waals surface area (Å²) in [6, 6.07) is 0. The Morgan fingerprint density at radius 1 is 0.812 bits per heavy atom. The van der Waals surface area contributed by atoms with Gasteiger partial charge in [-0.05, 0) is 25.9 Å². The third-order valence-electron chi connectivity index (χ3n) is 2.16. The first kappa shape index (κ1) is 18.3. The molecule has 0 atom stereocenters. The van der Waals surface area contributed by atoms with Gasteiger partial charge in [0.2, 0.25) is 0 Å². The minimum absolute atomic E-state index is 0.824. The van der Waals surface area contributed by atoms with E-state index in [4.69, 9.17) is 25.8 Å². The van der Waals surface area contributed by atoms with Crippen LogP contribution >= 0.6 is 8.25 Å². The first-order valence-corrected chi connectivity index (χ1v) is 7.06. The van der Waals surface area contributed by atoms with E-state index in [0.717, 1.165) is 25.9 Å². The smallest absolute Gasteiger partial charge is 0.330 e. The Balaban J connectivity index is 0. The third-order valence-corrected chi connectivity index (χ3v) is 2.16. The average molecular weight is 253 g/mol. The van der Waals surface area contributed by atoms with Crippen molar-refractivity contribution < 1.29 is 14.4 Å². The van der Waals surface area contributed by atoms with Gasteiger partial charge in [-0.3, -0.25) is 0 Å². The van der Waals surface area contributed by atoms with Crippen LogP contribution in [0.25, 0.3) is 0 Å². The summed E-state index contributed by atoms with van der Waals surface area (Å²) in [5.41, 5.74) is 10.6. The highest BCUT2D eigenvalue weighted by atomic mass is 31.1. The highest BCUT2D eigenvalue weighted by Crippen LogP contribution is 2.15. The zero-order valence-corrected chi connectivity index (χ0v) is 10.9. The maximum Gasteiger partial charge on any atom is 0.692 e. The van der Waals surface area contributed by atoms with Crippen LogP contribution in [0.3, 0.4) is 0 Å². The van der Waals surface area contributed by atoms with Crippen LogP contribution in [0.15, 0.2) is 0 Å². The molecule has 98 valence electrons. The van der Waals surface area contributed by atoms with Gasteiger partial charge in [-0.2, -0.15) is 0 Å².